The minimum Gasteiger partial charge on any atom is -0.278 e. The van der Waals surface area contributed by atoms with Gasteiger partial charge in [0.25, 0.3) is 0 Å². The van der Waals surface area contributed by atoms with Crippen LogP contribution in [0.25, 0.3) is 0 Å². The molecule has 0 spiro atoms. The van der Waals surface area contributed by atoms with Gasteiger partial charge in [0.05, 0.1) is 18.4 Å². The lowest BCUT2D eigenvalue weighted by Crippen LogP contribution is -2.31. The lowest BCUT2D eigenvalue weighted by molar-refractivity contribution is -0.140. The zero-order valence-corrected chi connectivity index (χ0v) is 16.9. The lowest BCUT2D eigenvalue weighted by Gasteiger charge is -2.32. The molecular weight excluding hydrogens is 389 g/mol. The van der Waals surface area contributed by atoms with E-state index in [1.807, 2.05) is 60.7 Å². The van der Waals surface area contributed by atoms with Gasteiger partial charge in [-0.05, 0) is 28.8 Å². The van der Waals surface area contributed by atoms with Crippen LogP contribution in [0.5, 0.6) is 0 Å². The van der Waals surface area contributed by atoms with Gasteiger partial charge in [-0.2, -0.15) is 0 Å². The molecule has 0 N–H and O–H groups in total. The molecule has 5 rings (SSSR count). The van der Waals surface area contributed by atoms with Gasteiger partial charge in [0, 0.05) is 11.8 Å². The van der Waals surface area contributed by atoms with Crippen LogP contribution in [0, 0.1) is 17.7 Å². The van der Waals surface area contributed by atoms with Crippen molar-refractivity contribution >= 4 is 11.8 Å². The van der Waals surface area contributed by atoms with Gasteiger partial charge in [-0.25, -0.2) is 4.39 Å². The number of imide groups is 1. The number of nitrogens with zero attached hydrogens (tertiary/aromatic N) is 1. The molecule has 4 heteroatoms. The highest BCUT2D eigenvalue weighted by Gasteiger charge is 2.54. The van der Waals surface area contributed by atoms with Gasteiger partial charge >= 0.3 is 0 Å². The monoisotopic (exact) mass is 411 g/mol. The maximum atomic E-state index is 13.6. The summed E-state index contributed by atoms with van der Waals surface area (Å²) in [6.07, 6.45) is 4.17. The molecule has 1 fully saturated rings. The topological polar surface area (TPSA) is 37.4 Å². The summed E-state index contributed by atoms with van der Waals surface area (Å²) in [5.41, 5.74) is 2.80. The van der Waals surface area contributed by atoms with E-state index >= 15 is 0 Å². The van der Waals surface area contributed by atoms with Gasteiger partial charge in [-0.3, -0.25) is 14.5 Å². The third-order valence-electron chi connectivity index (χ3n) is 6.41. The van der Waals surface area contributed by atoms with E-state index in [9.17, 15) is 14.0 Å². The van der Waals surface area contributed by atoms with Crippen molar-refractivity contribution in [2.24, 2.45) is 11.8 Å². The number of carbonyl (C=O) groups is 2. The van der Waals surface area contributed by atoms with Gasteiger partial charge in [0.1, 0.15) is 5.82 Å². The van der Waals surface area contributed by atoms with Crippen molar-refractivity contribution < 1.29 is 14.0 Å². The molecule has 2 amide bonds. The quantitative estimate of drug-likeness (QED) is 0.444. The fourth-order valence-corrected chi connectivity index (χ4v) is 4.92. The molecule has 3 aromatic rings. The maximum absolute atomic E-state index is 13.6. The summed E-state index contributed by atoms with van der Waals surface area (Å²) in [5, 5.41) is 0. The van der Waals surface area contributed by atoms with Crippen LogP contribution in [0.4, 0.5) is 4.39 Å². The van der Waals surface area contributed by atoms with E-state index in [4.69, 9.17) is 0 Å². The van der Waals surface area contributed by atoms with Gasteiger partial charge in [-0.15, -0.1) is 0 Å². The molecule has 1 heterocycles. The second-order valence-corrected chi connectivity index (χ2v) is 8.20. The van der Waals surface area contributed by atoms with Crippen LogP contribution in [-0.2, 0) is 16.1 Å². The summed E-state index contributed by atoms with van der Waals surface area (Å²) in [7, 11) is 0. The van der Waals surface area contributed by atoms with E-state index in [-0.39, 0.29) is 36.0 Å². The molecule has 1 aliphatic carbocycles. The number of carbonyl (C=O) groups excluding carboxylic acids is 2. The third-order valence-corrected chi connectivity index (χ3v) is 6.41. The molecule has 0 aromatic heterocycles. The molecule has 154 valence electrons. The minimum atomic E-state index is -0.453. The molecule has 0 unspecified atom stereocenters. The molecule has 4 atom stereocenters. The Balaban J connectivity index is 1.55. The predicted molar refractivity (Wildman–Crippen MR) is 116 cm³/mol. The smallest absolute Gasteiger partial charge is 0.234 e. The van der Waals surface area contributed by atoms with Crippen LogP contribution in [0.15, 0.2) is 97.1 Å². The number of amides is 2. The number of likely N-dealkylation sites (tertiary alicyclic amines) is 1. The van der Waals surface area contributed by atoms with Crippen molar-refractivity contribution in [1.82, 2.24) is 4.90 Å². The second kappa shape index (κ2) is 7.95. The highest BCUT2D eigenvalue weighted by molar-refractivity contribution is 6.06. The summed E-state index contributed by atoms with van der Waals surface area (Å²) < 4.78 is 13.3. The molecule has 1 aliphatic heterocycles. The van der Waals surface area contributed by atoms with E-state index < -0.39 is 11.8 Å². The first kappa shape index (κ1) is 19.4. The van der Waals surface area contributed by atoms with Crippen LogP contribution in [-0.4, -0.2) is 16.7 Å². The Morgan fingerprint density at radius 1 is 0.645 bits per heavy atom. The standard InChI is InChI=1S/C27H22FNO2/c28-21-13-11-18(12-14-21)17-29-26(30)24-22(19-7-3-1-4-8-19)15-16-23(25(24)27(29)31)20-9-5-2-6-10-20/h1-16,22-25H,17H2/t22-,23-,24+,25+/m0/s1. The summed E-state index contributed by atoms with van der Waals surface area (Å²) >= 11 is 0. The van der Waals surface area contributed by atoms with Crippen molar-refractivity contribution in [3.63, 3.8) is 0 Å². The molecule has 0 bridgehead atoms. The predicted octanol–water partition coefficient (Wildman–Crippen LogP) is 5.06. The van der Waals surface area contributed by atoms with Gasteiger partial charge in [0.15, 0.2) is 0 Å². The normalized spacial score (nSPS) is 25.0. The second-order valence-electron chi connectivity index (χ2n) is 8.20. The Morgan fingerprint density at radius 3 is 1.55 bits per heavy atom. The highest BCUT2D eigenvalue weighted by Crippen LogP contribution is 2.49. The fourth-order valence-electron chi connectivity index (χ4n) is 4.92. The van der Waals surface area contributed by atoms with Crippen LogP contribution in [0.1, 0.15) is 28.5 Å². The van der Waals surface area contributed by atoms with E-state index in [2.05, 4.69) is 12.2 Å². The molecule has 31 heavy (non-hydrogen) atoms. The summed E-state index contributed by atoms with van der Waals surface area (Å²) in [6, 6.07) is 25.7. The third kappa shape index (κ3) is 3.48. The van der Waals surface area contributed by atoms with Crippen molar-refractivity contribution in [3.8, 4) is 0 Å². The van der Waals surface area contributed by atoms with Crippen LogP contribution >= 0.6 is 0 Å². The first-order valence-corrected chi connectivity index (χ1v) is 10.5. The minimum absolute atomic E-state index is 0.152. The van der Waals surface area contributed by atoms with Gasteiger partial charge in [-0.1, -0.05) is 84.9 Å². The lowest BCUT2D eigenvalue weighted by atomic mass is 9.68. The molecule has 0 radical (unpaired) electrons. The molecule has 0 saturated carbocycles. The zero-order valence-electron chi connectivity index (χ0n) is 16.9. The van der Waals surface area contributed by atoms with Crippen molar-refractivity contribution in [1.29, 1.82) is 0 Å². The number of hydrogen-bond acceptors (Lipinski definition) is 2. The van der Waals surface area contributed by atoms with Crippen LogP contribution in [0.3, 0.4) is 0 Å². The average molecular weight is 411 g/mol. The Morgan fingerprint density at radius 2 is 1.10 bits per heavy atom. The van der Waals surface area contributed by atoms with Crippen molar-refractivity contribution in [2.45, 2.75) is 18.4 Å². The average Bonchev–Trinajstić information content (AvgIpc) is 3.06. The number of allylic oxidation sites excluding steroid dienone is 2. The van der Waals surface area contributed by atoms with Crippen LogP contribution in [0.2, 0.25) is 0 Å². The molecule has 2 aliphatic rings. The Labute approximate surface area is 180 Å². The number of hydrogen-bond donors (Lipinski definition) is 0. The highest BCUT2D eigenvalue weighted by atomic mass is 19.1. The summed E-state index contributed by atoms with van der Waals surface area (Å²) in [5.74, 6) is -1.86. The Kier molecular flexibility index (Phi) is 4.99. The van der Waals surface area contributed by atoms with Gasteiger partial charge < -0.3 is 0 Å². The SMILES string of the molecule is O=C1[C@H]2[C@H](C(=O)N1Cc1ccc(F)cc1)[C@H](c1ccccc1)C=C[C@H]2c1ccccc1. The molecular formula is C27H22FNO2. The Bertz CT molecular complexity index is 1060. The molecule has 1 saturated heterocycles. The molecule has 3 aromatic carbocycles. The van der Waals surface area contributed by atoms with E-state index in [0.29, 0.717) is 0 Å². The Hall–Kier alpha value is -3.53. The van der Waals surface area contributed by atoms with Gasteiger partial charge in [0.2, 0.25) is 11.8 Å². The fraction of sp³-hybridized carbons (Fsp3) is 0.185. The maximum Gasteiger partial charge on any atom is 0.234 e. The number of rotatable bonds is 4. The first-order chi connectivity index (χ1) is 15.1. The summed E-state index contributed by atoms with van der Waals surface area (Å²) in [6.45, 7) is 0.161. The number of halogens is 1. The van der Waals surface area contributed by atoms with E-state index in [1.54, 1.807) is 12.1 Å². The molecule has 3 nitrogen and oxygen atoms in total. The van der Waals surface area contributed by atoms with Crippen molar-refractivity contribution in [2.75, 3.05) is 0 Å². The van der Waals surface area contributed by atoms with E-state index in [0.717, 1.165) is 16.7 Å². The number of benzene rings is 3. The largest absolute Gasteiger partial charge is 0.278 e. The summed E-state index contributed by atoms with van der Waals surface area (Å²) in [4.78, 5) is 28.5. The van der Waals surface area contributed by atoms with Crippen LogP contribution < -0.4 is 0 Å². The van der Waals surface area contributed by atoms with Crippen molar-refractivity contribution in [3.05, 3.63) is 120 Å². The van der Waals surface area contributed by atoms with E-state index in [1.165, 1.54) is 17.0 Å². The number of fused-ring (bicyclic) bond motifs is 1. The zero-order chi connectivity index (χ0) is 21.4. The first-order valence-electron chi connectivity index (χ1n) is 10.5.